The summed E-state index contributed by atoms with van der Waals surface area (Å²) in [6.07, 6.45) is 7.29. The molecule has 4 heteroatoms. The van der Waals surface area contributed by atoms with E-state index >= 15 is 0 Å². The molecule has 0 saturated heterocycles. The van der Waals surface area contributed by atoms with Crippen molar-refractivity contribution < 1.29 is 4.42 Å². The largest absolute Gasteiger partial charge is 0.469 e. The highest BCUT2D eigenvalue weighted by Gasteiger charge is 2.17. The van der Waals surface area contributed by atoms with E-state index in [2.05, 4.69) is 9.97 Å². The van der Waals surface area contributed by atoms with Gasteiger partial charge in [-0.05, 0) is 38.7 Å². The van der Waals surface area contributed by atoms with Crippen LogP contribution >= 0.6 is 0 Å². The average Bonchev–Trinajstić information content (AvgIpc) is 2.63. The van der Waals surface area contributed by atoms with Crippen LogP contribution in [0.15, 0.2) is 16.7 Å². The van der Waals surface area contributed by atoms with Crippen molar-refractivity contribution in [2.24, 2.45) is 0 Å². The number of fused-ring (bicyclic) bond motifs is 1. The number of rotatable bonds is 1. The Bertz CT molecular complexity index is 574. The highest BCUT2D eigenvalue weighted by Crippen LogP contribution is 2.27. The zero-order valence-corrected chi connectivity index (χ0v) is 10.6. The second kappa shape index (κ2) is 4.44. The van der Waals surface area contributed by atoms with Gasteiger partial charge in [0.25, 0.3) is 0 Å². The van der Waals surface area contributed by atoms with Gasteiger partial charge in [0.15, 0.2) is 5.82 Å². The van der Waals surface area contributed by atoms with Gasteiger partial charge in [-0.15, -0.1) is 0 Å². The van der Waals surface area contributed by atoms with E-state index in [-0.39, 0.29) is 0 Å². The molecule has 0 unspecified atom stereocenters. The van der Waals surface area contributed by atoms with E-state index in [0.29, 0.717) is 11.6 Å². The van der Waals surface area contributed by atoms with E-state index in [1.165, 1.54) is 19.3 Å². The van der Waals surface area contributed by atoms with Crippen molar-refractivity contribution in [3.05, 3.63) is 29.3 Å². The SMILES string of the molecule is Cc1occc1-c1nc(N)c2c(n1)CCCCC2. The number of nitrogens with two attached hydrogens (primary N) is 1. The maximum Gasteiger partial charge on any atom is 0.165 e. The van der Waals surface area contributed by atoms with Crippen LogP contribution in [0.1, 0.15) is 36.3 Å². The molecule has 0 aromatic carbocycles. The zero-order chi connectivity index (χ0) is 12.5. The molecule has 2 N–H and O–H groups in total. The summed E-state index contributed by atoms with van der Waals surface area (Å²) in [6, 6.07) is 1.90. The van der Waals surface area contributed by atoms with E-state index in [4.69, 9.17) is 10.2 Å². The molecule has 0 bridgehead atoms. The monoisotopic (exact) mass is 243 g/mol. The van der Waals surface area contributed by atoms with Gasteiger partial charge in [0.05, 0.1) is 11.8 Å². The first-order valence-corrected chi connectivity index (χ1v) is 6.45. The molecule has 2 aromatic heterocycles. The molecule has 0 atom stereocenters. The van der Waals surface area contributed by atoms with Crippen molar-refractivity contribution >= 4 is 5.82 Å². The molecule has 0 fully saturated rings. The van der Waals surface area contributed by atoms with Crippen LogP contribution < -0.4 is 5.73 Å². The molecule has 94 valence electrons. The van der Waals surface area contributed by atoms with E-state index in [1.807, 2.05) is 13.0 Å². The van der Waals surface area contributed by atoms with E-state index in [1.54, 1.807) is 6.26 Å². The molecule has 18 heavy (non-hydrogen) atoms. The third-order valence-corrected chi connectivity index (χ3v) is 3.56. The Balaban J connectivity index is 2.11. The molecule has 1 aliphatic rings. The van der Waals surface area contributed by atoms with Gasteiger partial charge in [-0.3, -0.25) is 0 Å². The topological polar surface area (TPSA) is 64.9 Å². The standard InChI is InChI=1S/C14H17N3O/c1-9-10(7-8-18-9)14-16-12-6-4-2-3-5-11(12)13(15)17-14/h7-8H,2-6H2,1H3,(H2,15,16,17). The second-order valence-electron chi connectivity index (χ2n) is 4.81. The van der Waals surface area contributed by atoms with Crippen molar-refractivity contribution in [3.63, 3.8) is 0 Å². The van der Waals surface area contributed by atoms with Crippen LogP contribution in [0.5, 0.6) is 0 Å². The van der Waals surface area contributed by atoms with Gasteiger partial charge in [0.1, 0.15) is 11.6 Å². The molecule has 4 nitrogen and oxygen atoms in total. The van der Waals surface area contributed by atoms with Gasteiger partial charge < -0.3 is 10.2 Å². The fraction of sp³-hybridized carbons (Fsp3) is 0.429. The first-order chi connectivity index (χ1) is 8.75. The Morgan fingerprint density at radius 3 is 2.78 bits per heavy atom. The third kappa shape index (κ3) is 1.88. The van der Waals surface area contributed by atoms with E-state index < -0.39 is 0 Å². The molecule has 3 rings (SSSR count). The van der Waals surface area contributed by atoms with Crippen molar-refractivity contribution in [2.75, 3.05) is 5.73 Å². The first-order valence-electron chi connectivity index (χ1n) is 6.45. The van der Waals surface area contributed by atoms with Gasteiger partial charge in [-0.25, -0.2) is 9.97 Å². The predicted molar refractivity (Wildman–Crippen MR) is 70.1 cm³/mol. The summed E-state index contributed by atoms with van der Waals surface area (Å²) in [5.41, 5.74) is 9.30. The number of aryl methyl sites for hydroxylation is 2. The third-order valence-electron chi connectivity index (χ3n) is 3.56. The minimum Gasteiger partial charge on any atom is -0.469 e. The smallest absolute Gasteiger partial charge is 0.165 e. The molecule has 0 spiro atoms. The Labute approximate surface area is 106 Å². The van der Waals surface area contributed by atoms with Crippen LogP contribution in [0.4, 0.5) is 5.82 Å². The predicted octanol–water partition coefficient (Wildman–Crippen LogP) is 2.90. The number of hydrogen-bond donors (Lipinski definition) is 1. The normalized spacial score (nSPS) is 15.2. The van der Waals surface area contributed by atoms with Gasteiger partial charge >= 0.3 is 0 Å². The van der Waals surface area contributed by atoms with Crippen LogP contribution in [-0.4, -0.2) is 9.97 Å². The number of aromatic nitrogens is 2. The van der Waals surface area contributed by atoms with Gasteiger partial charge in [-0.2, -0.15) is 0 Å². The van der Waals surface area contributed by atoms with Crippen LogP contribution in [-0.2, 0) is 12.8 Å². The fourth-order valence-electron chi connectivity index (χ4n) is 2.54. The molecule has 2 heterocycles. The molecule has 0 radical (unpaired) electrons. The van der Waals surface area contributed by atoms with Crippen LogP contribution in [0.2, 0.25) is 0 Å². The molecular weight excluding hydrogens is 226 g/mol. The highest BCUT2D eigenvalue weighted by atomic mass is 16.3. The summed E-state index contributed by atoms with van der Waals surface area (Å²) in [6.45, 7) is 1.92. The number of nitrogens with zero attached hydrogens (tertiary/aromatic N) is 2. The van der Waals surface area contributed by atoms with Gasteiger partial charge in [0, 0.05) is 11.3 Å². The average molecular weight is 243 g/mol. The maximum absolute atomic E-state index is 6.09. The van der Waals surface area contributed by atoms with Crippen LogP contribution in [0.25, 0.3) is 11.4 Å². The maximum atomic E-state index is 6.09. The molecule has 2 aromatic rings. The molecule has 0 saturated carbocycles. The van der Waals surface area contributed by atoms with Gasteiger partial charge in [0.2, 0.25) is 0 Å². The molecule has 1 aliphatic carbocycles. The Kier molecular flexibility index (Phi) is 2.78. The minimum absolute atomic E-state index is 0.637. The summed E-state index contributed by atoms with van der Waals surface area (Å²) < 4.78 is 5.31. The summed E-state index contributed by atoms with van der Waals surface area (Å²) in [5, 5.41) is 0. The summed E-state index contributed by atoms with van der Waals surface area (Å²) in [7, 11) is 0. The number of furan rings is 1. The van der Waals surface area contributed by atoms with Crippen molar-refractivity contribution in [1.82, 2.24) is 9.97 Å². The minimum atomic E-state index is 0.637. The zero-order valence-electron chi connectivity index (χ0n) is 10.6. The quantitative estimate of drug-likeness (QED) is 0.782. The Hall–Kier alpha value is -1.84. The van der Waals surface area contributed by atoms with Crippen molar-refractivity contribution in [3.8, 4) is 11.4 Å². The lowest BCUT2D eigenvalue weighted by Crippen LogP contribution is -2.06. The number of nitrogen functional groups attached to an aromatic ring is 1. The van der Waals surface area contributed by atoms with Crippen LogP contribution in [0, 0.1) is 6.92 Å². The summed E-state index contributed by atoms with van der Waals surface area (Å²) in [5.74, 6) is 2.17. The lowest BCUT2D eigenvalue weighted by Gasteiger charge is -2.09. The fourth-order valence-corrected chi connectivity index (χ4v) is 2.54. The van der Waals surface area contributed by atoms with E-state index in [0.717, 1.165) is 35.4 Å². The molecular formula is C14H17N3O. The number of anilines is 1. The van der Waals surface area contributed by atoms with Crippen molar-refractivity contribution in [2.45, 2.75) is 39.0 Å². The summed E-state index contributed by atoms with van der Waals surface area (Å²) in [4.78, 5) is 9.12. The highest BCUT2D eigenvalue weighted by molar-refractivity contribution is 5.60. The Morgan fingerprint density at radius 1 is 1.17 bits per heavy atom. The molecule has 0 amide bonds. The lowest BCUT2D eigenvalue weighted by atomic mass is 10.1. The van der Waals surface area contributed by atoms with Crippen molar-refractivity contribution in [1.29, 1.82) is 0 Å². The number of hydrogen-bond acceptors (Lipinski definition) is 4. The molecule has 0 aliphatic heterocycles. The Morgan fingerprint density at radius 2 is 2.00 bits per heavy atom. The van der Waals surface area contributed by atoms with E-state index in [9.17, 15) is 0 Å². The lowest BCUT2D eigenvalue weighted by molar-refractivity contribution is 0.535. The first kappa shape index (κ1) is 11.3. The second-order valence-corrected chi connectivity index (χ2v) is 4.81. The summed E-state index contributed by atoms with van der Waals surface area (Å²) >= 11 is 0. The van der Waals surface area contributed by atoms with Gasteiger partial charge in [-0.1, -0.05) is 6.42 Å². The van der Waals surface area contributed by atoms with Crippen LogP contribution in [0.3, 0.4) is 0 Å².